The molecule has 6 aliphatic rings. The first-order valence-corrected chi connectivity index (χ1v) is 51.8. The zero-order valence-electron chi connectivity index (χ0n) is 84.2. The van der Waals surface area contributed by atoms with E-state index in [4.69, 9.17) is 56.8 Å². The molecule has 12 unspecified atom stereocenters. The van der Waals surface area contributed by atoms with Crippen molar-refractivity contribution in [3.8, 4) is 0 Å². The summed E-state index contributed by atoms with van der Waals surface area (Å²) in [6, 6.07) is -9.23. The molecule has 0 radical (unpaired) electrons. The number of nitrogens with one attached hydrogen (secondary N) is 5. The zero-order valence-corrected chi connectivity index (χ0v) is 84.2. The zero-order chi connectivity index (χ0) is 107. The van der Waals surface area contributed by atoms with Gasteiger partial charge in [0.15, 0.2) is 18.9 Å². The van der Waals surface area contributed by atoms with E-state index in [1.54, 1.807) is 6.08 Å². The Hall–Kier alpha value is -5.74. The highest BCUT2D eigenvalue weighted by Gasteiger charge is 2.65. The SMILES string of the molecule is CCCCCCCCCCCCC/C=C/[C@@H](O)[C@H](CO[C@@H]1OC(CO)[C@@H](O[C@@H]2OC(CO)[C@H](O[C@@H]3OC(CO)[C@H](O)[C@H](O)C3NC(C)=O)[C@H](O[C@]3(C(=O)O)CC(O)[C@@H](NC(C)=O)C([C@H](O)[C@@H](CO)O[C@]4(C(=O)O)CC(O)[C@@H](NC(C)=O)C([C@H](O)[C@@H](CO)O[C@]5(C(=O)O)CC(O)[C@@H](NC(C)=O)C([C@H](O)[C@H](O)CO)O5)O4)O3)C2O)[C@H](O)C1O)NC(=O)CCCCCCCCCCCCCCCCCCCCCCCCC. The molecular formula is C97H171N5O42. The van der Waals surface area contributed by atoms with Gasteiger partial charge < -0.3 is 196 Å². The Morgan fingerprint density at radius 3 is 1.10 bits per heavy atom. The second-order valence-corrected chi connectivity index (χ2v) is 39.2. The summed E-state index contributed by atoms with van der Waals surface area (Å²) < 4.78 is 71.9. The number of aliphatic hydroxyl groups is 19. The van der Waals surface area contributed by atoms with Gasteiger partial charge in [-0.1, -0.05) is 231 Å². The molecule has 47 nitrogen and oxygen atoms in total. The number of carbonyl (C=O) groups excluding carboxylic acids is 5. The van der Waals surface area contributed by atoms with Gasteiger partial charge in [-0.2, -0.15) is 0 Å². The molecule has 47 heteroatoms. The van der Waals surface area contributed by atoms with Gasteiger partial charge in [0.05, 0.1) is 94.8 Å². The lowest BCUT2D eigenvalue weighted by atomic mass is 9.86. The van der Waals surface area contributed by atoms with Crippen LogP contribution in [0, 0.1) is 0 Å². The van der Waals surface area contributed by atoms with E-state index >= 15 is 0 Å². The van der Waals surface area contributed by atoms with E-state index in [0.29, 0.717) is 12.8 Å². The van der Waals surface area contributed by atoms with Crippen molar-refractivity contribution in [2.24, 2.45) is 0 Å². The number of hydrogen-bond acceptors (Lipinski definition) is 39. The van der Waals surface area contributed by atoms with Gasteiger partial charge in [0.25, 0.3) is 17.4 Å². The van der Waals surface area contributed by atoms with Gasteiger partial charge in [-0.15, -0.1) is 0 Å². The highest BCUT2D eigenvalue weighted by Crippen LogP contribution is 2.44. The van der Waals surface area contributed by atoms with E-state index in [9.17, 15) is 151 Å². The summed E-state index contributed by atoms with van der Waals surface area (Å²) in [6.07, 6.45) is -23.0. The molecule has 836 valence electrons. The van der Waals surface area contributed by atoms with E-state index in [1.807, 2.05) is 0 Å². The monoisotopic (exact) mass is 2080 g/mol. The van der Waals surface area contributed by atoms with Gasteiger partial charge in [0.2, 0.25) is 29.5 Å². The van der Waals surface area contributed by atoms with Gasteiger partial charge in [-0.05, 0) is 19.3 Å². The highest BCUT2D eigenvalue weighted by molar-refractivity contribution is 5.79. The molecule has 6 saturated heterocycles. The van der Waals surface area contributed by atoms with Crippen LogP contribution in [0.5, 0.6) is 0 Å². The largest absolute Gasteiger partial charge is 0.477 e. The number of unbranched alkanes of at least 4 members (excludes halogenated alkanes) is 33. The first-order valence-electron chi connectivity index (χ1n) is 51.8. The Bertz CT molecular complexity index is 3730. The highest BCUT2D eigenvalue weighted by atomic mass is 16.8. The number of aliphatic hydroxyl groups excluding tert-OH is 19. The normalized spacial score (nSPS) is 32.8. The van der Waals surface area contributed by atoms with E-state index in [0.717, 1.165) is 91.9 Å². The fourth-order valence-electron chi connectivity index (χ4n) is 19.4. The van der Waals surface area contributed by atoms with Crippen LogP contribution in [0.25, 0.3) is 0 Å². The molecule has 6 rings (SSSR count). The van der Waals surface area contributed by atoms with Crippen LogP contribution in [0.3, 0.4) is 0 Å². The second-order valence-electron chi connectivity index (χ2n) is 39.2. The summed E-state index contributed by atoms with van der Waals surface area (Å²) >= 11 is 0. The number of carboxylic acids is 3. The third-order valence-electron chi connectivity index (χ3n) is 27.5. The lowest BCUT2D eigenvalue weighted by Crippen LogP contribution is -2.72. The Kier molecular flexibility index (Phi) is 57.7. The number of rotatable bonds is 71. The summed E-state index contributed by atoms with van der Waals surface area (Å²) in [6.45, 7) is -0.739. The van der Waals surface area contributed by atoms with Crippen molar-refractivity contribution in [3.63, 3.8) is 0 Å². The average Bonchev–Trinajstić information content (AvgIpc) is 0.735. The summed E-state index contributed by atoms with van der Waals surface area (Å²) in [7, 11) is 0. The van der Waals surface area contributed by atoms with Crippen molar-refractivity contribution in [1.29, 1.82) is 0 Å². The van der Waals surface area contributed by atoms with Gasteiger partial charge >= 0.3 is 17.9 Å². The average molecular weight is 2080 g/mol. The molecule has 35 atom stereocenters. The molecule has 6 heterocycles. The quantitative estimate of drug-likeness (QED) is 0.0246. The Morgan fingerprint density at radius 1 is 0.375 bits per heavy atom. The lowest BCUT2D eigenvalue weighted by molar-refractivity contribution is -0.402. The van der Waals surface area contributed by atoms with Gasteiger partial charge in [-0.3, -0.25) is 24.0 Å². The number of amides is 5. The van der Waals surface area contributed by atoms with Crippen LogP contribution in [0.15, 0.2) is 12.2 Å². The van der Waals surface area contributed by atoms with Crippen molar-refractivity contribution < 1.29 is 208 Å². The van der Waals surface area contributed by atoms with Crippen LogP contribution in [0.4, 0.5) is 0 Å². The van der Waals surface area contributed by atoms with Gasteiger partial charge in [0.1, 0.15) is 128 Å². The Balaban J connectivity index is 1.26. The maximum absolute atomic E-state index is 14.5. The fourth-order valence-corrected chi connectivity index (χ4v) is 19.4. The van der Waals surface area contributed by atoms with Crippen LogP contribution in [0.1, 0.15) is 292 Å². The minimum absolute atomic E-state index is 0.0810. The van der Waals surface area contributed by atoms with E-state index in [-0.39, 0.29) is 6.42 Å². The van der Waals surface area contributed by atoms with Crippen LogP contribution in [0.2, 0.25) is 0 Å². The number of carbonyl (C=O) groups is 8. The molecule has 27 N–H and O–H groups in total. The molecule has 0 aliphatic carbocycles. The first kappa shape index (κ1) is 127. The third-order valence-corrected chi connectivity index (χ3v) is 27.5. The standard InChI is InChI=1S/C97H171N5O42/c1-7-9-11-13-15-17-19-21-22-23-24-25-26-27-28-29-30-32-34-36-38-40-42-44-70(118)102-59(60(113)43-41-39-37-35-33-31-20-18-16-14-12-10-8-2)54-133-90-81(125)80(124)83(68(52-107)135-90)137-91-82(126)88(84(69(53-108)136-91)138-89-74(101-58(6)112)79(123)76(120)65(49-104)134-89)144-97(94(131)132)47-63(116)73(100-57(5)111)87(143-97)78(122)67(51-106)140-96(93(129)130)46-62(115)72(99-56(4)110)86(142-96)77(121)66(50-105)139-95(92(127)128)45-61(114)71(98-55(3)109)85(141-95)75(119)64(117)48-103/h41,43,59-69,71-91,103-108,113-117,119-126H,7-40,42,44-54H2,1-6H3,(H,98,109)(H,99,110)(H,100,111)(H,101,112)(H,102,118)(H,127,128)(H,129,130)(H,131,132)/b43-41+/t59-,60+,61?,62?,63?,64+,65?,66+,67+,68?,69?,71+,72+,73+,74?,75+,76-,77+,78+,79+,80+,81?,82?,83+,84-,85?,86?,87?,88+,89-,90+,91-,95+,96+,97-/m0/s1. The number of ether oxygens (including phenoxy) is 12. The van der Waals surface area contributed by atoms with Gasteiger partial charge in [-0.25, -0.2) is 14.4 Å². The molecule has 0 aromatic rings. The lowest BCUT2D eigenvalue weighted by Gasteiger charge is -2.52. The van der Waals surface area contributed by atoms with Crippen LogP contribution in [-0.4, -0.2) is 419 Å². The second kappa shape index (κ2) is 65.5. The van der Waals surface area contributed by atoms with E-state index < -0.39 is 326 Å². The molecule has 0 aromatic carbocycles. The molecule has 6 fully saturated rings. The maximum atomic E-state index is 14.5. The van der Waals surface area contributed by atoms with Crippen LogP contribution in [-0.2, 0) is 95.2 Å². The third kappa shape index (κ3) is 38.6. The van der Waals surface area contributed by atoms with Crippen molar-refractivity contribution in [2.75, 3.05) is 46.2 Å². The fraction of sp³-hybridized carbons (Fsp3) is 0.897. The summed E-state index contributed by atoms with van der Waals surface area (Å²) in [4.78, 5) is 107. The number of hydrogen-bond donors (Lipinski definition) is 27. The minimum Gasteiger partial charge on any atom is -0.477 e. The molecule has 0 bridgehead atoms. The maximum Gasteiger partial charge on any atom is 0.364 e. The molecule has 144 heavy (non-hydrogen) atoms. The molecule has 0 aromatic heterocycles. The Labute approximate surface area is 841 Å². The molecule has 6 aliphatic heterocycles. The van der Waals surface area contributed by atoms with Crippen LogP contribution >= 0.6 is 0 Å². The smallest absolute Gasteiger partial charge is 0.364 e. The van der Waals surface area contributed by atoms with E-state index in [2.05, 4.69) is 40.4 Å². The minimum atomic E-state index is -3.72. The summed E-state index contributed by atoms with van der Waals surface area (Å²) in [5.41, 5.74) is 0. The summed E-state index contributed by atoms with van der Waals surface area (Å²) in [5.74, 6) is -22.2. The predicted molar refractivity (Wildman–Crippen MR) is 506 cm³/mol. The summed E-state index contributed by atoms with van der Waals surface area (Å²) in [5, 5.41) is 264. The molecular weight excluding hydrogens is 1910 g/mol. The Morgan fingerprint density at radius 2 is 0.722 bits per heavy atom. The van der Waals surface area contributed by atoms with E-state index in [1.165, 1.54) is 154 Å². The topological polar surface area (TPSA) is 753 Å². The van der Waals surface area contributed by atoms with Crippen molar-refractivity contribution in [2.45, 2.75) is 505 Å². The molecule has 0 saturated carbocycles. The first-order chi connectivity index (χ1) is 68.6. The van der Waals surface area contributed by atoms with Crippen LogP contribution < -0.4 is 26.6 Å². The van der Waals surface area contributed by atoms with Crippen molar-refractivity contribution >= 4 is 47.4 Å². The van der Waals surface area contributed by atoms with Crippen molar-refractivity contribution in [1.82, 2.24) is 26.6 Å². The molecule has 5 amide bonds. The number of carboxylic acid groups (broad SMARTS) is 3. The van der Waals surface area contributed by atoms with Gasteiger partial charge in [0, 0.05) is 53.4 Å². The van der Waals surface area contributed by atoms with Crippen molar-refractivity contribution in [3.05, 3.63) is 12.2 Å². The predicted octanol–water partition coefficient (Wildman–Crippen LogP) is -1.40. The number of aliphatic carboxylic acids is 3. The molecule has 0 spiro atoms. The number of allylic oxidation sites excluding steroid dienone is 1.